The summed E-state index contributed by atoms with van der Waals surface area (Å²) in [7, 11) is 0. The van der Waals surface area contributed by atoms with E-state index in [-0.39, 0.29) is 17.7 Å². The molecule has 0 saturated carbocycles. The number of hydrogen-bond acceptors (Lipinski definition) is 3. The highest BCUT2D eigenvalue weighted by Crippen LogP contribution is 2.18. The summed E-state index contributed by atoms with van der Waals surface area (Å²) in [6.07, 6.45) is 6.06. The molecular formula is C14H22N2O2. The maximum atomic E-state index is 12.3. The third kappa shape index (κ3) is 3.72. The summed E-state index contributed by atoms with van der Waals surface area (Å²) in [6, 6.07) is 1.69. The van der Waals surface area contributed by atoms with Gasteiger partial charge in [0, 0.05) is 18.8 Å². The zero-order chi connectivity index (χ0) is 13.5. The van der Waals surface area contributed by atoms with Crippen LogP contribution in [0, 0.1) is 0 Å². The Kier molecular flexibility index (Phi) is 5.62. The Bertz CT molecular complexity index is 391. The van der Waals surface area contributed by atoms with Gasteiger partial charge in [0.1, 0.15) is 5.75 Å². The molecule has 1 aromatic heterocycles. The molecule has 18 heavy (non-hydrogen) atoms. The van der Waals surface area contributed by atoms with Gasteiger partial charge in [-0.3, -0.25) is 9.78 Å². The first-order chi connectivity index (χ1) is 8.57. The molecular weight excluding hydrogens is 228 g/mol. The molecule has 0 fully saturated rings. The highest BCUT2D eigenvalue weighted by molar-refractivity contribution is 5.96. The lowest BCUT2D eigenvalue weighted by Gasteiger charge is -2.27. The molecule has 1 N–H and O–H groups in total. The average molecular weight is 250 g/mol. The van der Waals surface area contributed by atoms with E-state index in [9.17, 15) is 9.90 Å². The second-order valence-corrected chi connectivity index (χ2v) is 4.69. The van der Waals surface area contributed by atoms with Gasteiger partial charge in [-0.05, 0) is 26.3 Å². The molecule has 4 nitrogen and oxygen atoms in total. The van der Waals surface area contributed by atoms with Crippen LogP contribution in [0.4, 0.5) is 0 Å². The summed E-state index contributed by atoms with van der Waals surface area (Å²) in [5, 5.41) is 9.67. The molecule has 0 aliphatic rings. The van der Waals surface area contributed by atoms with E-state index in [2.05, 4.69) is 11.9 Å². The number of hydrogen-bond donors (Lipinski definition) is 1. The molecule has 0 aromatic carbocycles. The van der Waals surface area contributed by atoms with Gasteiger partial charge in [-0.1, -0.05) is 19.8 Å². The average Bonchev–Trinajstić information content (AvgIpc) is 2.34. The number of rotatable bonds is 6. The molecule has 0 radical (unpaired) electrons. The topological polar surface area (TPSA) is 53.4 Å². The molecule has 0 aliphatic heterocycles. The number of nitrogens with zero attached hydrogens (tertiary/aromatic N) is 2. The normalized spacial score (nSPS) is 10.7. The van der Waals surface area contributed by atoms with Crippen molar-refractivity contribution in [2.45, 2.75) is 46.1 Å². The molecule has 0 spiro atoms. The minimum Gasteiger partial charge on any atom is -0.505 e. The Morgan fingerprint density at radius 2 is 2.17 bits per heavy atom. The Labute approximate surface area is 109 Å². The Morgan fingerprint density at radius 3 is 2.72 bits per heavy atom. The summed E-state index contributed by atoms with van der Waals surface area (Å²) in [5.41, 5.74) is 0.329. The predicted molar refractivity (Wildman–Crippen MR) is 71.6 cm³/mol. The van der Waals surface area contributed by atoms with Crippen molar-refractivity contribution in [3.63, 3.8) is 0 Å². The van der Waals surface area contributed by atoms with Gasteiger partial charge in [0.05, 0.1) is 11.8 Å². The SMILES string of the molecule is CCCCCN(C(=O)c1ccncc1O)C(C)C. The third-order valence-corrected chi connectivity index (χ3v) is 2.92. The van der Waals surface area contributed by atoms with E-state index in [4.69, 9.17) is 0 Å². The van der Waals surface area contributed by atoms with Crippen LogP contribution in [0.15, 0.2) is 18.5 Å². The van der Waals surface area contributed by atoms with Gasteiger partial charge < -0.3 is 10.0 Å². The van der Waals surface area contributed by atoms with E-state index in [0.29, 0.717) is 5.56 Å². The van der Waals surface area contributed by atoms with Crippen LogP contribution in [0.1, 0.15) is 50.4 Å². The van der Waals surface area contributed by atoms with Crippen molar-refractivity contribution in [3.8, 4) is 5.75 Å². The second kappa shape index (κ2) is 6.99. The van der Waals surface area contributed by atoms with E-state index in [0.717, 1.165) is 25.8 Å². The molecule has 1 heterocycles. The van der Waals surface area contributed by atoms with Crippen LogP contribution in [0.5, 0.6) is 5.75 Å². The van der Waals surface area contributed by atoms with E-state index >= 15 is 0 Å². The monoisotopic (exact) mass is 250 g/mol. The number of aromatic hydroxyl groups is 1. The zero-order valence-electron chi connectivity index (χ0n) is 11.4. The van der Waals surface area contributed by atoms with Crippen LogP contribution >= 0.6 is 0 Å². The van der Waals surface area contributed by atoms with Crippen molar-refractivity contribution in [2.24, 2.45) is 0 Å². The lowest BCUT2D eigenvalue weighted by atomic mass is 10.1. The van der Waals surface area contributed by atoms with Gasteiger partial charge in [-0.15, -0.1) is 0 Å². The van der Waals surface area contributed by atoms with Crippen molar-refractivity contribution < 1.29 is 9.90 Å². The smallest absolute Gasteiger partial charge is 0.257 e. The fourth-order valence-electron chi connectivity index (χ4n) is 1.85. The summed E-state index contributed by atoms with van der Waals surface area (Å²) >= 11 is 0. The highest BCUT2D eigenvalue weighted by atomic mass is 16.3. The molecule has 0 bridgehead atoms. The first kappa shape index (κ1) is 14.5. The van der Waals surface area contributed by atoms with Crippen LogP contribution < -0.4 is 0 Å². The van der Waals surface area contributed by atoms with Crippen molar-refractivity contribution in [1.29, 1.82) is 0 Å². The number of unbranched alkanes of at least 4 members (excludes halogenated alkanes) is 2. The van der Waals surface area contributed by atoms with E-state index < -0.39 is 0 Å². The highest BCUT2D eigenvalue weighted by Gasteiger charge is 2.20. The number of pyridine rings is 1. The summed E-state index contributed by atoms with van der Waals surface area (Å²) in [4.78, 5) is 17.9. The van der Waals surface area contributed by atoms with Gasteiger partial charge >= 0.3 is 0 Å². The number of aromatic nitrogens is 1. The molecule has 1 amide bonds. The van der Waals surface area contributed by atoms with Crippen LogP contribution in [0.2, 0.25) is 0 Å². The van der Waals surface area contributed by atoms with Gasteiger partial charge in [0.15, 0.2) is 0 Å². The minimum atomic E-state index is -0.124. The summed E-state index contributed by atoms with van der Waals surface area (Å²) in [5.74, 6) is -0.176. The maximum Gasteiger partial charge on any atom is 0.257 e. The largest absolute Gasteiger partial charge is 0.505 e. The number of amides is 1. The molecule has 1 aromatic rings. The van der Waals surface area contributed by atoms with Gasteiger partial charge in [-0.2, -0.15) is 0 Å². The first-order valence-electron chi connectivity index (χ1n) is 6.51. The molecule has 1 rings (SSSR count). The number of carbonyl (C=O) groups excluding carboxylic acids is 1. The fourth-order valence-corrected chi connectivity index (χ4v) is 1.85. The summed E-state index contributed by atoms with van der Waals surface area (Å²) < 4.78 is 0. The first-order valence-corrected chi connectivity index (χ1v) is 6.51. The lowest BCUT2D eigenvalue weighted by Crippen LogP contribution is -2.37. The minimum absolute atomic E-state index is 0.0522. The van der Waals surface area contributed by atoms with Crippen molar-refractivity contribution in [3.05, 3.63) is 24.0 Å². The third-order valence-electron chi connectivity index (χ3n) is 2.92. The Balaban J connectivity index is 2.80. The van der Waals surface area contributed by atoms with Crippen molar-refractivity contribution in [1.82, 2.24) is 9.88 Å². The van der Waals surface area contributed by atoms with Crippen molar-refractivity contribution >= 4 is 5.91 Å². The van der Waals surface area contributed by atoms with Crippen LogP contribution in [0.3, 0.4) is 0 Å². The van der Waals surface area contributed by atoms with Gasteiger partial charge in [0.25, 0.3) is 5.91 Å². The fraction of sp³-hybridized carbons (Fsp3) is 0.571. The molecule has 4 heteroatoms. The quantitative estimate of drug-likeness (QED) is 0.790. The molecule has 0 atom stereocenters. The second-order valence-electron chi connectivity index (χ2n) is 4.69. The van der Waals surface area contributed by atoms with E-state index in [1.54, 1.807) is 11.0 Å². The maximum absolute atomic E-state index is 12.3. The Hall–Kier alpha value is -1.58. The van der Waals surface area contributed by atoms with Crippen LogP contribution in [0.25, 0.3) is 0 Å². The number of carbonyl (C=O) groups is 1. The Morgan fingerprint density at radius 1 is 1.44 bits per heavy atom. The molecule has 0 aliphatic carbocycles. The summed E-state index contributed by atoms with van der Waals surface area (Å²) in [6.45, 7) is 6.84. The zero-order valence-corrected chi connectivity index (χ0v) is 11.4. The van der Waals surface area contributed by atoms with E-state index in [1.807, 2.05) is 13.8 Å². The van der Waals surface area contributed by atoms with Crippen LogP contribution in [-0.4, -0.2) is 33.5 Å². The lowest BCUT2D eigenvalue weighted by molar-refractivity contribution is 0.0699. The van der Waals surface area contributed by atoms with Crippen molar-refractivity contribution in [2.75, 3.05) is 6.54 Å². The molecule has 0 unspecified atom stereocenters. The van der Waals surface area contributed by atoms with E-state index in [1.165, 1.54) is 12.4 Å². The van der Waals surface area contributed by atoms with Gasteiger partial charge in [-0.25, -0.2) is 0 Å². The van der Waals surface area contributed by atoms with Crippen LogP contribution in [-0.2, 0) is 0 Å². The standard InChI is InChI=1S/C14H22N2O2/c1-4-5-6-9-16(11(2)3)14(18)12-7-8-15-10-13(12)17/h7-8,10-11,17H,4-6,9H2,1-3H3. The predicted octanol–water partition coefficient (Wildman–Crippen LogP) is 2.83. The molecule has 100 valence electrons. The molecule has 0 saturated heterocycles. The van der Waals surface area contributed by atoms with Gasteiger partial charge in [0.2, 0.25) is 0 Å².